The lowest BCUT2D eigenvalue weighted by Crippen LogP contribution is -2.63. The molecular weight excluding hydrogens is 1290 g/mol. The second-order valence-electron chi connectivity index (χ2n) is 25.6. The fraction of sp³-hybridized carbons (Fsp3) is 0.457. The van der Waals surface area contributed by atoms with Gasteiger partial charge in [0.2, 0.25) is 53.2 Å². The van der Waals surface area contributed by atoms with E-state index < -0.39 is 150 Å². The third-order valence-corrected chi connectivity index (χ3v) is 18.3. The Labute approximate surface area is 569 Å². The molecule has 4 aliphatic rings. The maximum Gasteiger partial charge on any atom is 0.257 e. The average Bonchev–Trinajstić information content (AvgIpc) is 1.70. The molecule has 6 aromatic rings. The first-order valence-corrected chi connectivity index (χ1v) is 33.3. The van der Waals surface area contributed by atoms with Crippen LogP contribution in [0.25, 0.3) is 21.8 Å². The molecule has 6 heterocycles. The number of fused-ring (bicyclic) bond motifs is 32. The number of aromatic nitrogens is 2. The predicted octanol–water partition coefficient (Wildman–Crippen LogP) is 2.37. The number of aliphatic hydroxyl groups is 1. The van der Waals surface area contributed by atoms with E-state index in [-0.39, 0.29) is 82.3 Å². The SMILES string of the molecule is COc1ccc(C[C@@H]2NC(=O)[C@H]([C@@H](C)O)NC(=O)[C@@H]3C[C@H](F)CN3C(=O)[C@H](Cc3c[nH]c4ccc(F)cc34)NC(=O)[C@H](Cc3c[nH]c4ccc(F)cc34)NC(=O)[C@@H](C)NC(=O)[C@H](CCCCN)NC(=O)CCCNC(=O)COc3ccc(cc3)CCNC(=O)[C@]3(C)CCCN3C2=O)cc1. The topological polar surface area (TPSA) is 370 Å². The van der Waals surface area contributed by atoms with E-state index in [1.165, 1.54) is 74.6 Å². The molecule has 0 aliphatic carbocycles. The number of unbranched alkanes of at least 4 members (excludes halogenated alkanes) is 1. The quantitative estimate of drug-likeness (QED) is 0.0619. The smallest absolute Gasteiger partial charge is 0.257 e. The number of nitrogens with two attached hydrogens (primary N) is 1. The van der Waals surface area contributed by atoms with Crippen molar-refractivity contribution in [1.82, 2.24) is 62.3 Å². The van der Waals surface area contributed by atoms with Gasteiger partial charge in [0, 0.05) is 85.9 Å². The zero-order valence-electron chi connectivity index (χ0n) is 55.6. The van der Waals surface area contributed by atoms with E-state index in [1.807, 2.05) is 0 Å². The molecule has 10 rings (SSSR count). The minimum Gasteiger partial charge on any atom is -0.497 e. The summed E-state index contributed by atoms with van der Waals surface area (Å²) in [5.41, 5.74) is 7.21. The first-order chi connectivity index (χ1) is 47.4. The molecule has 13 N–H and O–H groups in total. The van der Waals surface area contributed by atoms with Gasteiger partial charge in [-0.05, 0) is 155 Å². The number of methoxy groups -OCH3 is 1. The maximum atomic E-state index is 16.1. The third kappa shape index (κ3) is 18.8. The van der Waals surface area contributed by atoms with Gasteiger partial charge in [0.25, 0.3) is 5.91 Å². The molecule has 2 saturated heterocycles. The molecule has 10 atom stereocenters. The highest BCUT2D eigenvalue weighted by molar-refractivity contribution is 6.00. The number of H-pyrrole nitrogens is 2. The van der Waals surface area contributed by atoms with Gasteiger partial charge < -0.3 is 82.6 Å². The van der Waals surface area contributed by atoms with Gasteiger partial charge in [-0.3, -0.25) is 47.9 Å². The van der Waals surface area contributed by atoms with Crippen LogP contribution in [0.5, 0.6) is 11.5 Å². The number of benzene rings is 4. The molecular formula is C70H86F3N13O13. The fourth-order valence-corrected chi connectivity index (χ4v) is 12.7. The molecule has 530 valence electrons. The molecule has 10 amide bonds. The number of amides is 10. The van der Waals surface area contributed by atoms with E-state index in [9.17, 15) is 47.4 Å². The summed E-state index contributed by atoms with van der Waals surface area (Å²) in [5.74, 6) is -8.47. The van der Waals surface area contributed by atoms with Crippen LogP contribution in [0, 0.1) is 11.6 Å². The minimum atomic E-state index is -1.87. The summed E-state index contributed by atoms with van der Waals surface area (Å²) in [5, 5.41) is 33.5. The van der Waals surface area contributed by atoms with Crippen LogP contribution in [0.4, 0.5) is 13.2 Å². The van der Waals surface area contributed by atoms with E-state index in [0.29, 0.717) is 64.7 Å². The summed E-state index contributed by atoms with van der Waals surface area (Å²) < 4.78 is 57.0. The Morgan fingerprint density at radius 2 is 1.29 bits per heavy atom. The van der Waals surface area contributed by atoms with Crippen LogP contribution in [0.1, 0.15) is 94.4 Å². The van der Waals surface area contributed by atoms with Crippen LogP contribution >= 0.6 is 0 Å². The Morgan fingerprint density at radius 3 is 1.94 bits per heavy atom. The number of carbonyl (C=O) groups is 10. The summed E-state index contributed by atoms with van der Waals surface area (Å²) in [6.07, 6.45) is -0.0856. The second-order valence-corrected chi connectivity index (χ2v) is 25.6. The monoisotopic (exact) mass is 1370 g/mol. The van der Waals surface area contributed by atoms with Crippen molar-refractivity contribution in [2.24, 2.45) is 5.73 Å². The summed E-state index contributed by atoms with van der Waals surface area (Å²) in [6, 6.07) is 10.3. The molecule has 0 saturated carbocycles. The van der Waals surface area contributed by atoms with Gasteiger partial charge in [-0.25, -0.2) is 13.2 Å². The molecule has 0 radical (unpaired) electrons. The number of aliphatic hydroxyl groups excluding tert-OH is 1. The van der Waals surface area contributed by atoms with Crippen LogP contribution in [0.15, 0.2) is 97.3 Å². The minimum absolute atomic E-state index is 0.0753. The normalized spacial score (nSPS) is 24.7. The number of rotatable bonds is 12. The van der Waals surface area contributed by atoms with Crippen LogP contribution in [0.2, 0.25) is 0 Å². The Hall–Kier alpha value is -10.0. The highest BCUT2D eigenvalue weighted by Gasteiger charge is 2.49. The van der Waals surface area contributed by atoms with Gasteiger partial charge in [0.05, 0.1) is 19.8 Å². The van der Waals surface area contributed by atoms with Crippen molar-refractivity contribution in [2.45, 2.75) is 158 Å². The van der Waals surface area contributed by atoms with Crippen LogP contribution in [0.3, 0.4) is 0 Å². The van der Waals surface area contributed by atoms with E-state index in [2.05, 4.69) is 52.5 Å². The van der Waals surface area contributed by atoms with Crippen molar-refractivity contribution < 1.29 is 75.7 Å². The molecule has 2 fully saturated rings. The van der Waals surface area contributed by atoms with E-state index >= 15 is 18.8 Å². The Bertz CT molecular complexity index is 3910. The highest BCUT2D eigenvalue weighted by atomic mass is 19.1. The van der Waals surface area contributed by atoms with Gasteiger partial charge in [0.1, 0.15) is 77.1 Å². The average molecular weight is 1370 g/mol. The molecule has 29 heteroatoms. The molecule has 4 aromatic carbocycles. The number of carbonyl (C=O) groups excluding carboxylic acids is 10. The molecule has 2 aromatic heterocycles. The number of hydrogen-bond donors (Lipinski definition) is 12. The second kappa shape index (κ2) is 33.5. The number of hydrogen-bond acceptors (Lipinski definition) is 14. The third-order valence-electron chi connectivity index (χ3n) is 18.3. The standard InChI is InChI=1S/C70H86F3N13O13/c1-39-62(90)81-55(30-43-35-77-52-21-15-45(71)32-50(43)52)64(92)82-57(31-44-36-78-53-22-16-46(72)33-51(44)53)67(95)85-37-47(73)34-58(85)65(93)84-61(40(2)87)66(94)83-56(29-42-13-17-48(98-4)18-14-42)68(96)86-28-8-24-70(86,3)69(97)76-27-23-41-11-19-49(20-12-41)99-38-60(89)75-26-7-10-59(88)80-54(63(91)79-39)9-5-6-25-74/h11-22,32-33,35-36,39-40,47,54-58,61,77-78,87H,5-10,23-31,34,37-38,74H2,1-4H3,(H,75,89)(H,76,97)(H,79,91)(H,80,88)(H,81,90)(H,82,92)(H,83,94)(H,84,93)/t39-,40-,47+,54+,55+,56+,57+,58+,61+,70+/m1/s1. The fourth-order valence-electron chi connectivity index (χ4n) is 12.7. The predicted molar refractivity (Wildman–Crippen MR) is 358 cm³/mol. The van der Waals surface area contributed by atoms with Crippen molar-refractivity contribution >= 4 is 80.9 Å². The maximum absolute atomic E-state index is 16.1. The van der Waals surface area contributed by atoms with E-state index in [0.717, 1.165) is 10.5 Å². The summed E-state index contributed by atoms with van der Waals surface area (Å²) in [6.45, 7) is 3.71. The molecule has 0 unspecified atom stereocenters. The Morgan fingerprint density at radius 1 is 0.667 bits per heavy atom. The van der Waals surface area contributed by atoms with Crippen molar-refractivity contribution in [3.05, 3.63) is 131 Å². The van der Waals surface area contributed by atoms with Gasteiger partial charge >= 0.3 is 0 Å². The van der Waals surface area contributed by atoms with Crippen molar-refractivity contribution in [1.29, 1.82) is 0 Å². The number of nitrogens with one attached hydrogen (secondary N) is 10. The van der Waals surface area contributed by atoms with Gasteiger partial charge in [-0.2, -0.15) is 0 Å². The van der Waals surface area contributed by atoms with Crippen molar-refractivity contribution in [3.63, 3.8) is 0 Å². The molecule has 4 aliphatic heterocycles. The van der Waals surface area contributed by atoms with Gasteiger partial charge in [-0.1, -0.05) is 24.3 Å². The molecule has 2 bridgehead atoms. The number of ether oxygens (including phenoxy) is 2. The number of halogens is 3. The van der Waals surface area contributed by atoms with Crippen molar-refractivity contribution in [3.8, 4) is 11.5 Å². The summed E-state index contributed by atoms with van der Waals surface area (Å²) in [4.78, 5) is 152. The summed E-state index contributed by atoms with van der Waals surface area (Å²) >= 11 is 0. The lowest BCUT2D eigenvalue weighted by Gasteiger charge is -2.37. The van der Waals surface area contributed by atoms with E-state index in [1.54, 1.807) is 55.5 Å². The van der Waals surface area contributed by atoms with Crippen molar-refractivity contribution in [2.75, 3.05) is 46.4 Å². The zero-order chi connectivity index (χ0) is 71.1. The molecule has 26 nitrogen and oxygen atoms in total. The summed E-state index contributed by atoms with van der Waals surface area (Å²) in [7, 11) is 1.47. The number of nitrogens with zero attached hydrogens (tertiary/aromatic N) is 2. The van der Waals surface area contributed by atoms with Crippen LogP contribution < -0.4 is 57.7 Å². The van der Waals surface area contributed by atoms with Crippen LogP contribution in [-0.2, 0) is 73.6 Å². The molecule has 99 heavy (non-hydrogen) atoms. The number of aromatic amines is 2. The lowest BCUT2D eigenvalue weighted by molar-refractivity contribution is -0.147. The first-order valence-electron chi connectivity index (χ1n) is 33.3. The number of alkyl halides is 1. The van der Waals surface area contributed by atoms with E-state index in [4.69, 9.17) is 15.2 Å². The lowest BCUT2D eigenvalue weighted by atomic mass is 9.95. The molecule has 0 spiro atoms. The van der Waals surface area contributed by atoms with Gasteiger partial charge in [0.15, 0.2) is 6.61 Å². The van der Waals surface area contributed by atoms with Gasteiger partial charge in [-0.15, -0.1) is 0 Å². The van der Waals surface area contributed by atoms with Crippen LogP contribution in [-0.4, -0.2) is 190 Å². The largest absolute Gasteiger partial charge is 0.497 e. The highest BCUT2D eigenvalue weighted by Crippen LogP contribution is 2.32. The Balaban J connectivity index is 1.03. The Kier molecular flexibility index (Phi) is 24.8. The first kappa shape index (κ1) is 73.2. The zero-order valence-corrected chi connectivity index (χ0v) is 55.6.